The van der Waals surface area contributed by atoms with Crippen LogP contribution in [0.25, 0.3) is 0 Å². The number of ether oxygens (including phenoxy) is 3. The average molecular weight is 471 g/mol. The zero-order chi connectivity index (χ0) is 23.5. The number of hydrogen-bond donors (Lipinski definition) is 0. The van der Waals surface area contributed by atoms with Gasteiger partial charge in [0, 0.05) is 6.42 Å². The summed E-state index contributed by atoms with van der Waals surface area (Å²) in [5.74, 6) is 2.00. The molecule has 0 radical (unpaired) electrons. The SMILES string of the molecule is CCOP(=O)(OCC)C(CC(Oc1ccccc1)Oc1ccccc1)c1ccc(OC)cc1. The van der Waals surface area contributed by atoms with Crippen LogP contribution in [0.1, 0.15) is 31.5 Å². The Hall–Kier alpha value is -2.79. The van der Waals surface area contributed by atoms with E-state index in [1.54, 1.807) is 21.0 Å². The fraction of sp³-hybridized carbons (Fsp3) is 0.308. The van der Waals surface area contributed by atoms with E-state index in [9.17, 15) is 4.57 Å². The van der Waals surface area contributed by atoms with Crippen molar-refractivity contribution in [1.82, 2.24) is 0 Å². The number of methoxy groups -OCH3 is 1. The maximum absolute atomic E-state index is 13.9. The minimum absolute atomic E-state index is 0.243. The van der Waals surface area contributed by atoms with Gasteiger partial charge < -0.3 is 23.3 Å². The van der Waals surface area contributed by atoms with Crippen LogP contribution >= 0.6 is 7.60 Å². The van der Waals surface area contributed by atoms with Crippen LogP contribution in [-0.4, -0.2) is 26.6 Å². The Morgan fingerprint density at radius 1 is 0.697 bits per heavy atom. The van der Waals surface area contributed by atoms with Gasteiger partial charge in [-0.05, 0) is 55.8 Å². The zero-order valence-electron chi connectivity index (χ0n) is 19.3. The normalized spacial score (nSPS) is 12.4. The first-order valence-electron chi connectivity index (χ1n) is 11.0. The first-order chi connectivity index (χ1) is 16.1. The van der Waals surface area contributed by atoms with E-state index < -0.39 is 19.5 Å². The molecule has 3 aromatic carbocycles. The molecule has 3 aromatic rings. The van der Waals surface area contributed by atoms with Crippen molar-refractivity contribution in [2.45, 2.75) is 32.2 Å². The van der Waals surface area contributed by atoms with Crippen molar-refractivity contribution >= 4 is 7.60 Å². The van der Waals surface area contributed by atoms with Crippen molar-refractivity contribution in [2.24, 2.45) is 0 Å². The van der Waals surface area contributed by atoms with E-state index >= 15 is 0 Å². The molecule has 7 heteroatoms. The van der Waals surface area contributed by atoms with Gasteiger partial charge in [0.25, 0.3) is 0 Å². The first-order valence-corrected chi connectivity index (χ1v) is 12.6. The molecule has 0 bridgehead atoms. The molecule has 0 aliphatic heterocycles. The fourth-order valence-electron chi connectivity index (χ4n) is 3.46. The molecule has 0 aromatic heterocycles. The van der Waals surface area contributed by atoms with Crippen LogP contribution in [0.15, 0.2) is 84.9 Å². The van der Waals surface area contributed by atoms with Crippen molar-refractivity contribution in [3.8, 4) is 17.2 Å². The van der Waals surface area contributed by atoms with E-state index in [2.05, 4.69) is 0 Å². The summed E-state index contributed by atoms with van der Waals surface area (Å²) >= 11 is 0. The van der Waals surface area contributed by atoms with Crippen molar-refractivity contribution in [3.63, 3.8) is 0 Å². The van der Waals surface area contributed by atoms with Gasteiger partial charge in [-0.3, -0.25) is 4.57 Å². The van der Waals surface area contributed by atoms with Gasteiger partial charge in [0.2, 0.25) is 6.29 Å². The van der Waals surface area contributed by atoms with Crippen molar-refractivity contribution in [3.05, 3.63) is 90.5 Å². The van der Waals surface area contributed by atoms with Crippen molar-refractivity contribution in [1.29, 1.82) is 0 Å². The minimum Gasteiger partial charge on any atom is -0.497 e. The highest BCUT2D eigenvalue weighted by molar-refractivity contribution is 7.54. The summed E-state index contributed by atoms with van der Waals surface area (Å²) in [6.45, 7) is 4.12. The molecule has 0 saturated heterocycles. The van der Waals surface area contributed by atoms with E-state index in [0.29, 0.717) is 17.2 Å². The van der Waals surface area contributed by atoms with Gasteiger partial charge in [-0.25, -0.2) is 0 Å². The standard InChI is InChI=1S/C26H31O6P/c1-4-29-33(27,30-5-2)25(21-16-18-22(28-3)19-17-21)20-26(31-23-12-8-6-9-13-23)32-24-14-10-7-11-15-24/h6-19,25-26H,4-5,20H2,1-3H3. The highest BCUT2D eigenvalue weighted by Crippen LogP contribution is 2.63. The Morgan fingerprint density at radius 3 is 1.61 bits per heavy atom. The number of para-hydroxylation sites is 2. The van der Waals surface area contributed by atoms with Crippen molar-refractivity contribution in [2.75, 3.05) is 20.3 Å². The van der Waals surface area contributed by atoms with Crippen LogP contribution < -0.4 is 14.2 Å². The Labute approximate surface area is 195 Å². The third-order valence-electron chi connectivity index (χ3n) is 4.94. The summed E-state index contributed by atoms with van der Waals surface area (Å²) in [6, 6.07) is 26.2. The average Bonchev–Trinajstić information content (AvgIpc) is 2.84. The number of hydrogen-bond acceptors (Lipinski definition) is 6. The molecule has 0 amide bonds. The zero-order valence-corrected chi connectivity index (χ0v) is 20.2. The Kier molecular flexibility index (Phi) is 9.37. The molecule has 0 aliphatic rings. The Morgan fingerprint density at radius 2 is 1.18 bits per heavy atom. The topological polar surface area (TPSA) is 63.2 Å². The molecule has 6 nitrogen and oxygen atoms in total. The van der Waals surface area contributed by atoms with E-state index in [0.717, 1.165) is 5.56 Å². The molecule has 3 rings (SSSR count). The molecular formula is C26H31O6P. The molecule has 0 fully saturated rings. The maximum atomic E-state index is 13.9. The number of benzene rings is 3. The molecule has 0 spiro atoms. The second kappa shape index (κ2) is 12.4. The molecule has 176 valence electrons. The van der Waals surface area contributed by atoms with Crippen LogP contribution in [0.5, 0.6) is 17.2 Å². The Balaban J connectivity index is 1.97. The lowest BCUT2D eigenvalue weighted by Gasteiger charge is -2.30. The number of rotatable bonds is 13. The highest BCUT2D eigenvalue weighted by Gasteiger charge is 2.39. The van der Waals surface area contributed by atoms with Gasteiger partial charge in [-0.15, -0.1) is 0 Å². The predicted octanol–water partition coefficient (Wildman–Crippen LogP) is 6.88. The molecule has 0 heterocycles. The molecule has 0 N–H and O–H groups in total. The second-order valence-electron chi connectivity index (χ2n) is 7.19. The van der Waals surface area contributed by atoms with E-state index in [-0.39, 0.29) is 19.6 Å². The van der Waals surface area contributed by atoms with Crippen LogP contribution in [0.3, 0.4) is 0 Å². The van der Waals surface area contributed by atoms with Gasteiger partial charge in [0.1, 0.15) is 17.2 Å². The fourth-order valence-corrected chi connectivity index (χ4v) is 5.58. The summed E-state index contributed by atoms with van der Waals surface area (Å²) < 4.78 is 43.1. The second-order valence-corrected chi connectivity index (χ2v) is 9.41. The van der Waals surface area contributed by atoms with Crippen LogP contribution in [0.4, 0.5) is 0 Å². The van der Waals surface area contributed by atoms with Gasteiger partial charge in [0.05, 0.1) is 26.0 Å². The largest absolute Gasteiger partial charge is 0.497 e. The van der Waals surface area contributed by atoms with Gasteiger partial charge in [-0.1, -0.05) is 48.5 Å². The van der Waals surface area contributed by atoms with E-state index in [4.69, 9.17) is 23.3 Å². The molecular weight excluding hydrogens is 439 g/mol. The van der Waals surface area contributed by atoms with Gasteiger partial charge >= 0.3 is 7.60 Å². The third-order valence-corrected chi connectivity index (χ3v) is 7.45. The lowest BCUT2D eigenvalue weighted by Crippen LogP contribution is -2.27. The molecule has 0 aliphatic carbocycles. The van der Waals surface area contributed by atoms with Crippen LogP contribution in [0, 0.1) is 0 Å². The van der Waals surface area contributed by atoms with E-state index in [1.807, 2.05) is 84.9 Å². The summed E-state index contributed by atoms with van der Waals surface area (Å²) in [6.07, 6.45) is -0.496. The van der Waals surface area contributed by atoms with Crippen molar-refractivity contribution < 1.29 is 27.8 Å². The highest BCUT2D eigenvalue weighted by atomic mass is 31.2. The molecule has 0 saturated carbocycles. The van der Waals surface area contributed by atoms with Crippen LogP contribution in [0.2, 0.25) is 0 Å². The molecule has 33 heavy (non-hydrogen) atoms. The summed E-state index contributed by atoms with van der Waals surface area (Å²) in [4.78, 5) is 0. The minimum atomic E-state index is -3.54. The smallest absolute Gasteiger partial charge is 0.338 e. The lowest BCUT2D eigenvalue weighted by atomic mass is 10.1. The molecule has 1 atom stereocenters. The van der Waals surface area contributed by atoms with E-state index in [1.165, 1.54) is 0 Å². The third kappa shape index (κ3) is 7.10. The Bertz CT molecular complexity index is 943. The monoisotopic (exact) mass is 470 g/mol. The maximum Gasteiger partial charge on any atom is 0.338 e. The lowest BCUT2D eigenvalue weighted by molar-refractivity contribution is -0.00351. The summed E-state index contributed by atoms with van der Waals surface area (Å²) in [5.41, 5.74) is 0.181. The first kappa shape index (κ1) is 24.8. The molecule has 1 unspecified atom stereocenters. The van der Waals surface area contributed by atoms with Gasteiger partial charge in [0.15, 0.2) is 0 Å². The summed E-state index contributed by atoms with van der Waals surface area (Å²) in [7, 11) is -1.93. The summed E-state index contributed by atoms with van der Waals surface area (Å²) in [5, 5.41) is 0. The van der Waals surface area contributed by atoms with Crippen LogP contribution in [-0.2, 0) is 13.6 Å². The quantitative estimate of drug-likeness (QED) is 0.201. The van der Waals surface area contributed by atoms with Gasteiger partial charge in [-0.2, -0.15) is 0 Å². The predicted molar refractivity (Wildman–Crippen MR) is 129 cm³/mol.